The van der Waals surface area contributed by atoms with Crippen molar-refractivity contribution in [3.8, 4) is 0 Å². The fraction of sp³-hybridized carbons (Fsp3) is 0.500. The SMILES string of the molecule is O=C(CC(CN1CCCC1)C(=O)O)Nc1ccc(Cl)nc1. The van der Waals surface area contributed by atoms with Gasteiger partial charge >= 0.3 is 5.97 Å². The molecule has 2 N–H and O–H groups in total. The van der Waals surface area contributed by atoms with Crippen LogP contribution in [0.1, 0.15) is 19.3 Å². The molecule has 1 aliphatic rings. The van der Waals surface area contributed by atoms with Crippen molar-refractivity contribution in [2.45, 2.75) is 19.3 Å². The van der Waals surface area contributed by atoms with E-state index in [0.29, 0.717) is 17.4 Å². The van der Waals surface area contributed by atoms with Crippen LogP contribution in [0.15, 0.2) is 18.3 Å². The number of pyridine rings is 1. The molecule has 1 atom stereocenters. The molecule has 2 heterocycles. The number of aromatic nitrogens is 1. The Hall–Kier alpha value is -1.66. The van der Waals surface area contributed by atoms with Gasteiger partial charge in [0.1, 0.15) is 5.15 Å². The second-order valence-corrected chi connectivity index (χ2v) is 5.55. The highest BCUT2D eigenvalue weighted by molar-refractivity contribution is 6.29. The largest absolute Gasteiger partial charge is 0.481 e. The van der Waals surface area contributed by atoms with Crippen molar-refractivity contribution in [2.75, 3.05) is 25.0 Å². The Bertz CT molecular complexity index is 501. The standard InChI is InChI=1S/C14H18ClN3O3/c15-12-4-3-11(8-16-12)17-13(19)7-10(14(20)21)9-18-5-1-2-6-18/h3-4,8,10H,1-2,5-7,9H2,(H,17,19)(H,20,21). The Labute approximate surface area is 128 Å². The molecule has 1 unspecified atom stereocenters. The van der Waals surface area contributed by atoms with Crippen molar-refractivity contribution in [1.29, 1.82) is 0 Å². The molecule has 1 aromatic heterocycles. The minimum absolute atomic E-state index is 0.0472. The Kier molecular flexibility index (Phi) is 5.52. The van der Waals surface area contributed by atoms with Crippen LogP contribution in [-0.4, -0.2) is 46.5 Å². The van der Waals surface area contributed by atoms with Gasteiger partial charge < -0.3 is 15.3 Å². The van der Waals surface area contributed by atoms with Crippen LogP contribution in [0.25, 0.3) is 0 Å². The lowest BCUT2D eigenvalue weighted by Crippen LogP contribution is -2.33. The predicted molar refractivity (Wildman–Crippen MR) is 79.3 cm³/mol. The number of amides is 1. The highest BCUT2D eigenvalue weighted by Gasteiger charge is 2.25. The lowest BCUT2D eigenvalue weighted by molar-refractivity contribution is -0.144. The van der Waals surface area contributed by atoms with E-state index in [1.165, 1.54) is 6.20 Å². The molecule has 114 valence electrons. The van der Waals surface area contributed by atoms with Gasteiger partial charge in [0.2, 0.25) is 5.91 Å². The first-order chi connectivity index (χ1) is 10.0. The van der Waals surface area contributed by atoms with Crippen LogP contribution in [-0.2, 0) is 9.59 Å². The van der Waals surface area contributed by atoms with Gasteiger partial charge in [-0.15, -0.1) is 0 Å². The summed E-state index contributed by atoms with van der Waals surface area (Å²) in [5.74, 6) is -1.96. The zero-order chi connectivity index (χ0) is 15.2. The van der Waals surface area contributed by atoms with E-state index in [4.69, 9.17) is 11.6 Å². The summed E-state index contributed by atoms with van der Waals surface area (Å²) in [4.78, 5) is 29.2. The van der Waals surface area contributed by atoms with Crippen LogP contribution in [0.3, 0.4) is 0 Å². The lowest BCUT2D eigenvalue weighted by atomic mass is 10.0. The second-order valence-electron chi connectivity index (χ2n) is 5.16. The zero-order valence-corrected chi connectivity index (χ0v) is 12.3. The first-order valence-corrected chi connectivity index (χ1v) is 7.29. The summed E-state index contributed by atoms with van der Waals surface area (Å²) < 4.78 is 0. The van der Waals surface area contributed by atoms with Crippen LogP contribution in [0.5, 0.6) is 0 Å². The number of carbonyl (C=O) groups excluding carboxylic acids is 1. The Morgan fingerprint density at radius 2 is 2.10 bits per heavy atom. The number of halogens is 1. The van der Waals surface area contributed by atoms with E-state index < -0.39 is 11.9 Å². The van der Waals surface area contributed by atoms with Gasteiger partial charge in [-0.2, -0.15) is 0 Å². The number of nitrogens with one attached hydrogen (secondary N) is 1. The van der Waals surface area contributed by atoms with Gasteiger partial charge in [-0.1, -0.05) is 11.6 Å². The minimum Gasteiger partial charge on any atom is -0.481 e. The summed E-state index contributed by atoms with van der Waals surface area (Å²) in [5.41, 5.74) is 0.509. The van der Waals surface area contributed by atoms with Gasteiger partial charge in [0.15, 0.2) is 0 Å². The maximum atomic E-state index is 11.9. The quantitative estimate of drug-likeness (QED) is 0.784. The summed E-state index contributed by atoms with van der Waals surface area (Å²) in [6.07, 6.45) is 3.58. The molecular weight excluding hydrogens is 294 g/mol. The minimum atomic E-state index is -0.939. The van der Waals surface area contributed by atoms with Crippen LogP contribution >= 0.6 is 11.6 Å². The maximum Gasteiger partial charge on any atom is 0.308 e. The topological polar surface area (TPSA) is 82.5 Å². The van der Waals surface area contributed by atoms with E-state index in [1.807, 2.05) is 0 Å². The number of hydrogen-bond donors (Lipinski definition) is 2. The number of likely N-dealkylation sites (tertiary alicyclic amines) is 1. The first-order valence-electron chi connectivity index (χ1n) is 6.91. The molecular formula is C14H18ClN3O3. The van der Waals surface area contributed by atoms with Gasteiger partial charge in [-0.25, -0.2) is 4.98 Å². The van der Waals surface area contributed by atoms with E-state index in [-0.39, 0.29) is 12.3 Å². The monoisotopic (exact) mass is 311 g/mol. The van der Waals surface area contributed by atoms with E-state index in [9.17, 15) is 14.7 Å². The Morgan fingerprint density at radius 3 is 2.67 bits per heavy atom. The number of carbonyl (C=O) groups is 2. The summed E-state index contributed by atoms with van der Waals surface area (Å²) in [7, 11) is 0. The smallest absolute Gasteiger partial charge is 0.308 e. The fourth-order valence-corrected chi connectivity index (χ4v) is 2.50. The highest BCUT2D eigenvalue weighted by Crippen LogP contribution is 2.15. The molecule has 1 aliphatic heterocycles. The predicted octanol–water partition coefficient (Wildman–Crippen LogP) is 1.86. The Balaban J connectivity index is 1.88. The zero-order valence-electron chi connectivity index (χ0n) is 11.6. The Morgan fingerprint density at radius 1 is 1.38 bits per heavy atom. The molecule has 0 radical (unpaired) electrons. The molecule has 1 aromatic rings. The van der Waals surface area contributed by atoms with Crippen molar-refractivity contribution in [3.05, 3.63) is 23.5 Å². The molecule has 1 amide bonds. The number of aliphatic carboxylic acids is 1. The van der Waals surface area contributed by atoms with Gasteiger partial charge in [-0.05, 0) is 38.1 Å². The molecule has 6 nitrogen and oxygen atoms in total. The molecule has 0 bridgehead atoms. The third-order valence-corrected chi connectivity index (χ3v) is 3.69. The van der Waals surface area contributed by atoms with Crippen molar-refractivity contribution in [1.82, 2.24) is 9.88 Å². The van der Waals surface area contributed by atoms with E-state index >= 15 is 0 Å². The normalized spacial score (nSPS) is 16.6. The lowest BCUT2D eigenvalue weighted by Gasteiger charge is -2.20. The molecule has 1 saturated heterocycles. The third kappa shape index (κ3) is 4.99. The second kappa shape index (κ2) is 7.38. The first kappa shape index (κ1) is 15.7. The van der Waals surface area contributed by atoms with Gasteiger partial charge in [0.25, 0.3) is 0 Å². The number of nitrogens with zero attached hydrogens (tertiary/aromatic N) is 2. The molecule has 0 aromatic carbocycles. The average molecular weight is 312 g/mol. The maximum absolute atomic E-state index is 11.9. The molecule has 1 fully saturated rings. The summed E-state index contributed by atoms with van der Waals surface area (Å²) in [6, 6.07) is 3.19. The molecule has 21 heavy (non-hydrogen) atoms. The van der Waals surface area contributed by atoms with Crippen molar-refractivity contribution in [2.24, 2.45) is 5.92 Å². The van der Waals surface area contributed by atoms with Crippen molar-refractivity contribution < 1.29 is 14.7 Å². The summed E-state index contributed by atoms with van der Waals surface area (Å²) in [6.45, 7) is 2.24. The molecule has 0 saturated carbocycles. The summed E-state index contributed by atoms with van der Waals surface area (Å²) >= 11 is 5.66. The van der Waals surface area contributed by atoms with Crippen LogP contribution in [0.2, 0.25) is 5.15 Å². The average Bonchev–Trinajstić information content (AvgIpc) is 2.93. The van der Waals surface area contributed by atoms with Gasteiger partial charge in [0.05, 0.1) is 17.8 Å². The van der Waals surface area contributed by atoms with Gasteiger partial charge in [-0.3, -0.25) is 9.59 Å². The van der Waals surface area contributed by atoms with Crippen LogP contribution in [0.4, 0.5) is 5.69 Å². The van der Waals surface area contributed by atoms with Crippen LogP contribution in [0, 0.1) is 5.92 Å². The molecule has 2 rings (SSSR count). The van der Waals surface area contributed by atoms with Gasteiger partial charge in [0, 0.05) is 13.0 Å². The fourth-order valence-electron chi connectivity index (χ4n) is 2.39. The van der Waals surface area contributed by atoms with Crippen molar-refractivity contribution in [3.63, 3.8) is 0 Å². The highest BCUT2D eigenvalue weighted by atomic mass is 35.5. The third-order valence-electron chi connectivity index (χ3n) is 3.47. The number of carboxylic acid groups (broad SMARTS) is 1. The number of carboxylic acids is 1. The number of anilines is 1. The van der Waals surface area contributed by atoms with E-state index in [1.54, 1.807) is 12.1 Å². The van der Waals surface area contributed by atoms with Crippen molar-refractivity contribution >= 4 is 29.2 Å². The molecule has 7 heteroatoms. The molecule has 0 spiro atoms. The van der Waals surface area contributed by atoms with E-state index in [0.717, 1.165) is 25.9 Å². The number of rotatable bonds is 6. The number of hydrogen-bond acceptors (Lipinski definition) is 4. The summed E-state index contributed by atoms with van der Waals surface area (Å²) in [5, 5.41) is 12.2. The molecule has 0 aliphatic carbocycles. The van der Waals surface area contributed by atoms with Crippen LogP contribution < -0.4 is 5.32 Å². The van der Waals surface area contributed by atoms with E-state index in [2.05, 4.69) is 15.2 Å².